The van der Waals surface area contributed by atoms with Crippen LogP contribution in [0, 0.1) is 0 Å². The Labute approximate surface area is 105 Å². The minimum absolute atomic E-state index is 0.0221. The Hall–Kier alpha value is -2.26. The smallest absolute Gasteiger partial charge is 0.396 e. The van der Waals surface area contributed by atoms with E-state index in [1.165, 1.54) is 13.2 Å². The lowest BCUT2D eigenvalue weighted by molar-refractivity contribution is -0.138. The number of rotatable bonds is 4. The van der Waals surface area contributed by atoms with E-state index >= 15 is 0 Å². The summed E-state index contributed by atoms with van der Waals surface area (Å²) >= 11 is 0. The van der Waals surface area contributed by atoms with Crippen LogP contribution in [-0.4, -0.2) is 53.2 Å². The standard InChI is InChI=1S/C9H12F3N5O2/c1-17(3-6(18)14-4-9(10,11)12)8(19)7-5(13)2-15-16-7/h2H,3-4,13H2,1H3,(H,14,18)(H,15,16). The summed E-state index contributed by atoms with van der Waals surface area (Å²) in [6.07, 6.45) is -3.28. The van der Waals surface area contributed by atoms with Gasteiger partial charge in [0.25, 0.3) is 5.91 Å². The third-order valence-corrected chi connectivity index (χ3v) is 2.10. The van der Waals surface area contributed by atoms with Gasteiger partial charge in [-0.25, -0.2) is 0 Å². The molecular formula is C9H12F3N5O2. The Morgan fingerprint density at radius 2 is 2.16 bits per heavy atom. The van der Waals surface area contributed by atoms with Gasteiger partial charge >= 0.3 is 6.18 Å². The van der Waals surface area contributed by atoms with Gasteiger partial charge in [0.1, 0.15) is 12.2 Å². The number of halogens is 3. The number of H-pyrrole nitrogens is 1. The van der Waals surface area contributed by atoms with Gasteiger partial charge in [-0.05, 0) is 0 Å². The van der Waals surface area contributed by atoms with Gasteiger partial charge in [0.15, 0.2) is 0 Å². The van der Waals surface area contributed by atoms with Gasteiger partial charge in [-0.2, -0.15) is 18.3 Å². The molecule has 106 valence electrons. The maximum atomic E-state index is 11.9. The Kier molecular flexibility index (Phi) is 4.35. The second-order valence-corrected chi connectivity index (χ2v) is 3.75. The number of alkyl halides is 3. The molecule has 0 bridgehead atoms. The van der Waals surface area contributed by atoms with Crippen LogP contribution in [0.3, 0.4) is 0 Å². The van der Waals surface area contributed by atoms with Crippen molar-refractivity contribution < 1.29 is 22.8 Å². The van der Waals surface area contributed by atoms with E-state index in [1.807, 2.05) is 0 Å². The van der Waals surface area contributed by atoms with Gasteiger partial charge in [0.05, 0.1) is 18.4 Å². The van der Waals surface area contributed by atoms with Gasteiger partial charge in [0, 0.05) is 7.05 Å². The molecule has 0 radical (unpaired) electrons. The number of carbonyl (C=O) groups excluding carboxylic acids is 2. The fourth-order valence-corrected chi connectivity index (χ4v) is 1.20. The summed E-state index contributed by atoms with van der Waals surface area (Å²) in [6, 6.07) is 0. The maximum absolute atomic E-state index is 11.9. The lowest BCUT2D eigenvalue weighted by Crippen LogP contribution is -2.41. The van der Waals surface area contributed by atoms with E-state index in [9.17, 15) is 22.8 Å². The Morgan fingerprint density at radius 3 is 2.63 bits per heavy atom. The van der Waals surface area contributed by atoms with Crippen LogP contribution in [0.25, 0.3) is 0 Å². The first kappa shape index (κ1) is 14.8. The number of nitrogens with one attached hydrogen (secondary N) is 2. The molecule has 0 unspecified atom stereocenters. The van der Waals surface area contributed by atoms with E-state index in [0.29, 0.717) is 0 Å². The zero-order chi connectivity index (χ0) is 14.6. The van der Waals surface area contributed by atoms with Crippen molar-refractivity contribution in [1.29, 1.82) is 0 Å². The van der Waals surface area contributed by atoms with Crippen molar-refractivity contribution in [3.05, 3.63) is 11.9 Å². The molecule has 0 aliphatic rings. The van der Waals surface area contributed by atoms with Crippen LogP contribution < -0.4 is 11.1 Å². The number of nitrogen functional groups attached to an aromatic ring is 1. The molecular weight excluding hydrogens is 267 g/mol. The molecule has 1 heterocycles. The number of aromatic amines is 1. The average Bonchev–Trinajstić information content (AvgIpc) is 2.71. The minimum Gasteiger partial charge on any atom is -0.396 e. The van der Waals surface area contributed by atoms with Crippen molar-refractivity contribution in [3.8, 4) is 0 Å². The predicted molar refractivity (Wildman–Crippen MR) is 59.0 cm³/mol. The van der Waals surface area contributed by atoms with Crippen LogP contribution in [0.1, 0.15) is 10.5 Å². The molecule has 0 aliphatic heterocycles. The number of hydrogen-bond acceptors (Lipinski definition) is 4. The molecule has 0 fully saturated rings. The first-order chi connectivity index (χ1) is 8.70. The number of anilines is 1. The number of hydrogen-bond donors (Lipinski definition) is 3. The third kappa shape index (κ3) is 4.48. The number of nitrogens with two attached hydrogens (primary N) is 1. The maximum Gasteiger partial charge on any atom is 0.405 e. The number of aromatic nitrogens is 2. The number of likely N-dealkylation sites (N-methyl/N-ethyl adjacent to an activating group) is 1. The Morgan fingerprint density at radius 1 is 1.53 bits per heavy atom. The number of amides is 2. The van der Waals surface area contributed by atoms with Crippen LogP contribution in [-0.2, 0) is 4.79 Å². The Balaban J connectivity index is 2.51. The predicted octanol–water partition coefficient (Wildman–Crippen LogP) is -0.258. The first-order valence-electron chi connectivity index (χ1n) is 5.08. The fourth-order valence-electron chi connectivity index (χ4n) is 1.20. The van der Waals surface area contributed by atoms with Crippen LogP contribution in [0.2, 0.25) is 0 Å². The second-order valence-electron chi connectivity index (χ2n) is 3.75. The molecule has 4 N–H and O–H groups in total. The SMILES string of the molecule is CN(CC(=O)NCC(F)(F)F)C(=O)c1[nH]ncc1N. The van der Waals surface area contributed by atoms with E-state index in [4.69, 9.17) is 5.73 Å². The van der Waals surface area contributed by atoms with Crippen LogP contribution in [0.15, 0.2) is 6.20 Å². The molecule has 0 atom stereocenters. The third-order valence-electron chi connectivity index (χ3n) is 2.10. The molecule has 10 heteroatoms. The minimum atomic E-state index is -4.49. The fraction of sp³-hybridized carbons (Fsp3) is 0.444. The highest BCUT2D eigenvalue weighted by Gasteiger charge is 2.28. The van der Waals surface area contributed by atoms with E-state index in [1.54, 1.807) is 5.32 Å². The van der Waals surface area contributed by atoms with Crippen LogP contribution in [0.5, 0.6) is 0 Å². The summed E-state index contributed by atoms with van der Waals surface area (Å²) < 4.78 is 35.6. The van der Waals surface area contributed by atoms with Crippen LogP contribution >= 0.6 is 0 Å². The highest BCUT2D eigenvalue weighted by atomic mass is 19.4. The van der Waals surface area contributed by atoms with Crippen molar-refractivity contribution in [2.24, 2.45) is 0 Å². The first-order valence-corrected chi connectivity index (χ1v) is 5.08. The number of nitrogens with zero attached hydrogens (tertiary/aromatic N) is 2. The molecule has 1 aromatic heterocycles. The quantitative estimate of drug-likeness (QED) is 0.706. The van der Waals surface area contributed by atoms with Crippen LogP contribution in [0.4, 0.5) is 18.9 Å². The number of carbonyl (C=O) groups is 2. The summed E-state index contributed by atoms with van der Waals surface area (Å²) in [5.74, 6) is -1.57. The van der Waals surface area contributed by atoms with Crippen molar-refractivity contribution in [3.63, 3.8) is 0 Å². The lowest BCUT2D eigenvalue weighted by Gasteiger charge is -2.16. The zero-order valence-corrected chi connectivity index (χ0v) is 9.91. The van der Waals surface area contributed by atoms with Gasteiger partial charge in [-0.3, -0.25) is 14.7 Å². The summed E-state index contributed by atoms with van der Waals surface area (Å²) in [4.78, 5) is 23.9. The average molecular weight is 279 g/mol. The van der Waals surface area contributed by atoms with Crippen molar-refractivity contribution >= 4 is 17.5 Å². The summed E-state index contributed by atoms with van der Waals surface area (Å²) in [5, 5.41) is 7.52. The second kappa shape index (κ2) is 5.59. The van der Waals surface area contributed by atoms with Gasteiger partial charge in [0.2, 0.25) is 5.91 Å². The van der Waals surface area contributed by atoms with Crippen molar-refractivity contribution in [2.75, 3.05) is 25.9 Å². The molecule has 0 aliphatic carbocycles. The van der Waals surface area contributed by atoms with E-state index in [2.05, 4.69) is 10.2 Å². The molecule has 1 aromatic rings. The van der Waals surface area contributed by atoms with E-state index in [0.717, 1.165) is 4.90 Å². The van der Waals surface area contributed by atoms with Gasteiger partial charge in [-0.15, -0.1) is 0 Å². The highest BCUT2D eigenvalue weighted by Crippen LogP contribution is 2.12. The van der Waals surface area contributed by atoms with Crippen molar-refractivity contribution in [2.45, 2.75) is 6.18 Å². The molecule has 0 saturated heterocycles. The molecule has 0 spiro atoms. The summed E-state index contributed by atoms with van der Waals surface area (Å²) in [5.41, 5.74) is 5.50. The molecule has 0 aromatic carbocycles. The molecule has 19 heavy (non-hydrogen) atoms. The zero-order valence-electron chi connectivity index (χ0n) is 9.91. The highest BCUT2D eigenvalue weighted by molar-refractivity contribution is 5.98. The molecule has 1 rings (SSSR count). The van der Waals surface area contributed by atoms with Crippen molar-refractivity contribution in [1.82, 2.24) is 20.4 Å². The summed E-state index contributed by atoms with van der Waals surface area (Å²) in [7, 11) is 1.26. The van der Waals surface area contributed by atoms with Gasteiger partial charge in [-0.1, -0.05) is 0 Å². The van der Waals surface area contributed by atoms with E-state index < -0.39 is 31.1 Å². The Bertz CT molecular complexity index is 471. The van der Waals surface area contributed by atoms with E-state index in [-0.39, 0.29) is 11.4 Å². The molecule has 7 nitrogen and oxygen atoms in total. The normalized spacial score (nSPS) is 11.2. The largest absolute Gasteiger partial charge is 0.405 e. The topological polar surface area (TPSA) is 104 Å². The molecule has 0 saturated carbocycles. The lowest BCUT2D eigenvalue weighted by atomic mass is 10.3. The molecule has 2 amide bonds. The van der Waals surface area contributed by atoms with Gasteiger partial charge < -0.3 is 16.0 Å². The summed E-state index contributed by atoms with van der Waals surface area (Å²) in [6.45, 7) is -1.96. The monoisotopic (exact) mass is 279 g/mol.